The lowest BCUT2D eigenvalue weighted by molar-refractivity contribution is 0.315. The Morgan fingerprint density at radius 1 is 1.18 bits per heavy atom. The van der Waals surface area contributed by atoms with Gasteiger partial charge in [-0.1, -0.05) is 57.9 Å². The van der Waals surface area contributed by atoms with Gasteiger partial charge in [0, 0.05) is 10.3 Å². The second kappa shape index (κ2) is 11.2. The molecule has 1 atom stereocenters. The van der Waals surface area contributed by atoms with E-state index in [1.54, 1.807) is 5.41 Å². The molecule has 1 aromatic carbocycles. The van der Waals surface area contributed by atoms with Crippen LogP contribution in [-0.2, 0) is 15.2 Å². The maximum Gasteiger partial charge on any atom is 0.192 e. The smallest absolute Gasteiger partial charge is 0.192 e. The Morgan fingerprint density at radius 2 is 1.79 bits per heavy atom. The van der Waals surface area contributed by atoms with Gasteiger partial charge in [-0.25, -0.2) is 4.21 Å². The van der Waals surface area contributed by atoms with Gasteiger partial charge in [0.25, 0.3) is 0 Å². The van der Waals surface area contributed by atoms with Gasteiger partial charge in [-0.15, -0.1) is 0 Å². The van der Waals surface area contributed by atoms with Crippen LogP contribution < -0.4 is 0 Å². The van der Waals surface area contributed by atoms with Crippen LogP contribution in [0.4, 0.5) is 0 Å². The third-order valence-electron chi connectivity index (χ3n) is 5.47. The fraction of sp³-hybridized carbons (Fsp3) is 0.565. The van der Waals surface area contributed by atoms with Crippen LogP contribution in [0.1, 0.15) is 52.5 Å². The zero-order chi connectivity index (χ0) is 21.4. The Hall–Kier alpha value is -1.01. The third kappa shape index (κ3) is 7.78. The third-order valence-corrected chi connectivity index (χ3v) is 11.2. The average molecular weight is 423 g/mol. The molecule has 3 nitrogen and oxygen atoms in total. The zero-order valence-corrected chi connectivity index (χ0v) is 20.5. The average Bonchev–Trinajstić information content (AvgIpc) is 2.62. The molecule has 0 aromatic heterocycles. The summed E-state index contributed by atoms with van der Waals surface area (Å²) < 4.78 is 19.0. The van der Waals surface area contributed by atoms with Crippen molar-refractivity contribution in [3.05, 3.63) is 52.5 Å². The summed E-state index contributed by atoms with van der Waals surface area (Å²) in [5.41, 5.74) is 2.93. The fourth-order valence-electron chi connectivity index (χ4n) is 2.40. The predicted molar refractivity (Wildman–Crippen MR) is 124 cm³/mol. The first-order chi connectivity index (χ1) is 13.0. The molecule has 0 bridgehead atoms. The number of rotatable bonds is 10. The fourth-order valence-corrected chi connectivity index (χ4v) is 4.40. The van der Waals surface area contributed by atoms with Crippen LogP contribution in [0.2, 0.25) is 18.1 Å². The molecular weight excluding hydrogens is 384 g/mol. The van der Waals surface area contributed by atoms with Crippen LogP contribution in [0.3, 0.4) is 0 Å². The molecule has 0 spiro atoms. The molecule has 0 saturated heterocycles. The van der Waals surface area contributed by atoms with Crippen LogP contribution in [0.25, 0.3) is 0 Å². The van der Waals surface area contributed by atoms with Crippen molar-refractivity contribution >= 4 is 19.1 Å². The number of hydrogen-bond donors (Lipinski definition) is 1. The van der Waals surface area contributed by atoms with Crippen LogP contribution in [0.15, 0.2) is 51.8 Å². The number of benzene rings is 1. The van der Waals surface area contributed by atoms with E-state index in [9.17, 15) is 9.32 Å². The van der Waals surface area contributed by atoms with E-state index in [0.29, 0.717) is 6.61 Å². The van der Waals surface area contributed by atoms with Gasteiger partial charge in [0.05, 0.1) is 24.0 Å². The van der Waals surface area contributed by atoms with Gasteiger partial charge in [-0.3, -0.25) is 0 Å². The first-order valence-corrected chi connectivity index (χ1v) is 14.3. The topological polar surface area (TPSA) is 46.5 Å². The lowest BCUT2D eigenvalue weighted by atomic mass is 10.0. The van der Waals surface area contributed by atoms with Crippen molar-refractivity contribution in [2.75, 3.05) is 13.2 Å². The van der Waals surface area contributed by atoms with E-state index >= 15 is 0 Å². The summed E-state index contributed by atoms with van der Waals surface area (Å²) in [7, 11) is -3.07. The quantitative estimate of drug-likeness (QED) is 0.365. The normalized spacial score (nSPS) is 15.0. The Morgan fingerprint density at radius 3 is 2.29 bits per heavy atom. The molecule has 0 fully saturated rings. The van der Waals surface area contributed by atoms with Gasteiger partial charge in [0.15, 0.2) is 8.32 Å². The number of hydrogen-bond acceptors (Lipinski definition) is 3. The molecule has 158 valence electrons. The van der Waals surface area contributed by atoms with E-state index in [-0.39, 0.29) is 11.6 Å². The number of aliphatic hydroxyl groups is 1. The lowest BCUT2D eigenvalue weighted by Gasteiger charge is -2.35. The van der Waals surface area contributed by atoms with E-state index < -0.39 is 19.1 Å². The molecule has 1 rings (SSSR count). The number of unbranched alkanes of at least 4 members (excludes halogenated alkanes) is 1. The van der Waals surface area contributed by atoms with Gasteiger partial charge in [-0.2, -0.15) is 0 Å². The molecule has 1 aromatic rings. The zero-order valence-electron chi connectivity index (χ0n) is 18.7. The summed E-state index contributed by atoms with van der Waals surface area (Å²) in [4.78, 5) is 0.786. The number of aryl methyl sites for hydroxylation is 1. The largest absolute Gasteiger partial charge is 0.413 e. The first kappa shape index (κ1) is 25.0. The maximum absolute atomic E-state index is 12.8. The molecule has 0 heterocycles. The van der Waals surface area contributed by atoms with Crippen LogP contribution in [0.5, 0.6) is 0 Å². The molecule has 1 N–H and O–H groups in total. The van der Waals surface area contributed by atoms with Gasteiger partial charge in [0.1, 0.15) is 0 Å². The van der Waals surface area contributed by atoms with Gasteiger partial charge in [-0.05, 0) is 61.2 Å². The highest BCUT2D eigenvalue weighted by atomic mass is 32.2. The Bertz CT molecular complexity index is 698. The molecule has 5 heteroatoms. The molecule has 0 aliphatic carbocycles. The highest BCUT2D eigenvalue weighted by Crippen LogP contribution is 2.36. The van der Waals surface area contributed by atoms with E-state index in [1.165, 1.54) is 0 Å². The van der Waals surface area contributed by atoms with Gasteiger partial charge < -0.3 is 9.53 Å². The molecule has 0 unspecified atom stereocenters. The SMILES string of the molecule is CCCCC(=C/[S@](=O)c1ccc(C)cc1)/C(=C/CO[Si](C)(C)C(C)(C)C)CO. The highest BCUT2D eigenvalue weighted by Gasteiger charge is 2.36. The molecule has 0 saturated carbocycles. The van der Waals surface area contributed by atoms with Crippen LogP contribution >= 0.6 is 0 Å². The minimum atomic E-state index is -1.84. The summed E-state index contributed by atoms with van der Waals surface area (Å²) in [6.45, 7) is 15.7. The second-order valence-corrected chi connectivity index (χ2v) is 14.9. The molecule has 0 radical (unpaired) electrons. The van der Waals surface area contributed by atoms with Crippen LogP contribution in [0, 0.1) is 6.92 Å². The maximum atomic E-state index is 12.8. The molecule has 0 aliphatic heterocycles. The minimum absolute atomic E-state index is 0.0679. The minimum Gasteiger partial charge on any atom is -0.413 e. The van der Waals surface area contributed by atoms with Gasteiger partial charge in [0.2, 0.25) is 0 Å². The molecule has 0 aliphatic rings. The summed E-state index contributed by atoms with van der Waals surface area (Å²) >= 11 is 0. The summed E-state index contributed by atoms with van der Waals surface area (Å²) in [5.74, 6) is 0. The van der Waals surface area contributed by atoms with Crippen molar-refractivity contribution in [1.82, 2.24) is 0 Å². The van der Waals surface area contributed by atoms with E-state index in [1.807, 2.05) is 37.3 Å². The number of aliphatic hydroxyl groups excluding tert-OH is 1. The van der Waals surface area contributed by atoms with Crippen molar-refractivity contribution in [3.8, 4) is 0 Å². The monoisotopic (exact) mass is 422 g/mol. The predicted octanol–water partition coefficient (Wildman–Crippen LogP) is 6.12. The van der Waals surface area contributed by atoms with E-state index in [2.05, 4.69) is 40.8 Å². The second-order valence-electron chi connectivity index (χ2n) is 8.82. The Labute approximate surface area is 175 Å². The van der Waals surface area contributed by atoms with E-state index in [0.717, 1.165) is 40.9 Å². The highest BCUT2D eigenvalue weighted by molar-refractivity contribution is 7.88. The van der Waals surface area contributed by atoms with Crippen LogP contribution in [-0.4, -0.2) is 30.8 Å². The summed E-state index contributed by atoms with van der Waals surface area (Å²) in [5, 5.41) is 11.9. The Balaban J connectivity index is 3.04. The van der Waals surface area contributed by atoms with Crippen molar-refractivity contribution < 1.29 is 13.7 Å². The van der Waals surface area contributed by atoms with Gasteiger partial charge >= 0.3 is 0 Å². The first-order valence-electron chi connectivity index (χ1n) is 10.1. The summed E-state index contributed by atoms with van der Waals surface area (Å²) in [6, 6.07) is 7.76. The molecule has 0 amide bonds. The van der Waals surface area contributed by atoms with Crippen molar-refractivity contribution in [2.24, 2.45) is 0 Å². The summed E-state index contributed by atoms with van der Waals surface area (Å²) in [6.07, 6.45) is 4.82. The molecule has 28 heavy (non-hydrogen) atoms. The van der Waals surface area contributed by atoms with Crippen molar-refractivity contribution in [2.45, 2.75) is 76.9 Å². The van der Waals surface area contributed by atoms with E-state index in [4.69, 9.17) is 4.43 Å². The Kier molecular flexibility index (Phi) is 10.0. The van der Waals surface area contributed by atoms with Crippen molar-refractivity contribution in [3.63, 3.8) is 0 Å². The lowest BCUT2D eigenvalue weighted by Crippen LogP contribution is -2.40. The molecular formula is C23H38O3SSi. The van der Waals surface area contributed by atoms with Crippen molar-refractivity contribution in [1.29, 1.82) is 0 Å². The standard InChI is InChI=1S/C23H38O3SSi/c1-8-9-10-21(18-27(25)22-13-11-19(2)12-14-22)20(17-24)15-16-26-28(6,7)23(3,4)5/h11-15,18,24H,8-10,16-17H2,1-7H3/b20-15+,21-18-/t27-/m0/s1.